The number of piperidine rings is 1. The van der Waals surface area contributed by atoms with E-state index in [2.05, 4.69) is 9.97 Å². The summed E-state index contributed by atoms with van der Waals surface area (Å²) in [6, 6.07) is 0. The van der Waals surface area contributed by atoms with E-state index in [4.69, 9.17) is 5.11 Å². The molecule has 0 unspecified atom stereocenters. The molecule has 0 saturated carbocycles. The number of rotatable bonds is 2. The number of carbonyl (C=O) groups is 2. The second kappa shape index (κ2) is 5.12. The molecule has 1 amide bonds. The van der Waals surface area contributed by atoms with Gasteiger partial charge >= 0.3 is 5.97 Å². The van der Waals surface area contributed by atoms with Crippen LogP contribution < -0.4 is 0 Å². The van der Waals surface area contributed by atoms with Crippen LogP contribution in [0.5, 0.6) is 0 Å². The minimum absolute atomic E-state index is 0.126. The van der Waals surface area contributed by atoms with Gasteiger partial charge in [0.05, 0.1) is 11.5 Å². The fourth-order valence-corrected chi connectivity index (χ4v) is 2.02. The number of aromatic nitrogens is 2. The molecule has 1 aromatic rings. The van der Waals surface area contributed by atoms with Crippen molar-refractivity contribution in [3.63, 3.8) is 0 Å². The molecule has 2 heterocycles. The van der Waals surface area contributed by atoms with E-state index in [1.807, 2.05) is 0 Å². The summed E-state index contributed by atoms with van der Waals surface area (Å²) in [6.07, 6.45) is 4.03. The Hall–Kier alpha value is -1.98. The summed E-state index contributed by atoms with van der Waals surface area (Å²) in [4.78, 5) is 32.5. The second-order valence-corrected chi connectivity index (χ2v) is 4.42. The molecule has 1 aromatic heterocycles. The Balaban J connectivity index is 1.99. The van der Waals surface area contributed by atoms with Crippen molar-refractivity contribution in [2.75, 3.05) is 13.1 Å². The van der Waals surface area contributed by atoms with Crippen LogP contribution in [0.2, 0.25) is 0 Å². The Bertz CT molecular complexity index is 450. The van der Waals surface area contributed by atoms with Crippen molar-refractivity contribution in [1.29, 1.82) is 0 Å². The highest BCUT2D eigenvalue weighted by Gasteiger charge is 2.27. The van der Waals surface area contributed by atoms with Crippen LogP contribution in [-0.2, 0) is 4.79 Å². The van der Waals surface area contributed by atoms with Gasteiger partial charge in [0, 0.05) is 25.5 Å². The maximum absolute atomic E-state index is 12.1. The van der Waals surface area contributed by atoms with E-state index in [1.54, 1.807) is 11.8 Å². The Morgan fingerprint density at radius 3 is 2.33 bits per heavy atom. The van der Waals surface area contributed by atoms with Gasteiger partial charge in [0.2, 0.25) is 0 Å². The number of amides is 1. The number of likely N-dealkylation sites (tertiary alicyclic amines) is 1. The minimum atomic E-state index is -0.777. The van der Waals surface area contributed by atoms with Crippen LogP contribution in [0.3, 0.4) is 0 Å². The van der Waals surface area contributed by atoms with Gasteiger partial charge in [-0.15, -0.1) is 0 Å². The summed E-state index contributed by atoms with van der Waals surface area (Å²) in [7, 11) is 0. The van der Waals surface area contributed by atoms with Crippen molar-refractivity contribution >= 4 is 11.9 Å². The van der Waals surface area contributed by atoms with E-state index in [0.717, 1.165) is 0 Å². The van der Waals surface area contributed by atoms with Gasteiger partial charge in [-0.05, 0) is 19.8 Å². The number of nitrogens with zero attached hydrogens (tertiary/aromatic N) is 3. The molecule has 18 heavy (non-hydrogen) atoms. The molecule has 0 radical (unpaired) electrons. The highest BCUT2D eigenvalue weighted by molar-refractivity contribution is 5.93. The van der Waals surface area contributed by atoms with Crippen molar-refractivity contribution < 1.29 is 14.7 Å². The predicted molar refractivity (Wildman–Crippen MR) is 63.0 cm³/mol. The molecule has 1 aliphatic heterocycles. The molecule has 6 heteroatoms. The molecule has 0 bridgehead atoms. The van der Waals surface area contributed by atoms with Crippen molar-refractivity contribution in [3.05, 3.63) is 23.8 Å². The molecule has 6 nitrogen and oxygen atoms in total. The fraction of sp³-hybridized carbons (Fsp3) is 0.500. The summed E-state index contributed by atoms with van der Waals surface area (Å²) in [6.45, 7) is 2.71. The first-order chi connectivity index (χ1) is 8.58. The van der Waals surface area contributed by atoms with Crippen molar-refractivity contribution in [3.8, 4) is 0 Å². The third-order valence-corrected chi connectivity index (χ3v) is 3.16. The van der Waals surface area contributed by atoms with E-state index in [0.29, 0.717) is 37.3 Å². The largest absolute Gasteiger partial charge is 0.481 e. The van der Waals surface area contributed by atoms with E-state index in [-0.39, 0.29) is 11.8 Å². The molecular formula is C12H15N3O3. The van der Waals surface area contributed by atoms with E-state index in [9.17, 15) is 9.59 Å². The summed E-state index contributed by atoms with van der Waals surface area (Å²) in [5.41, 5.74) is 0.453. The molecular weight excluding hydrogens is 234 g/mol. The van der Waals surface area contributed by atoms with Crippen LogP contribution in [0.1, 0.15) is 29.0 Å². The third-order valence-electron chi connectivity index (χ3n) is 3.16. The first-order valence-corrected chi connectivity index (χ1v) is 5.88. The molecule has 0 aliphatic carbocycles. The predicted octanol–water partition coefficient (Wildman–Crippen LogP) is 0.722. The van der Waals surface area contributed by atoms with Gasteiger partial charge in [0.1, 0.15) is 5.82 Å². The number of carboxylic acids is 1. The Morgan fingerprint density at radius 1 is 1.28 bits per heavy atom. The van der Waals surface area contributed by atoms with Crippen molar-refractivity contribution in [2.24, 2.45) is 5.92 Å². The molecule has 1 fully saturated rings. The maximum atomic E-state index is 12.1. The summed E-state index contributed by atoms with van der Waals surface area (Å²) >= 11 is 0. The van der Waals surface area contributed by atoms with Gasteiger partial charge in [-0.1, -0.05) is 0 Å². The number of carbonyl (C=O) groups excluding carboxylic acids is 1. The van der Waals surface area contributed by atoms with Gasteiger partial charge in [-0.2, -0.15) is 0 Å². The average Bonchev–Trinajstić information content (AvgIpc) is 2.39. The number of hydrogen-bond acceptors (Lipinski definition) is 4. The molecule has 0 atom stereocenters. The number of carboxylic acid groups (broad SMARTS) is 1. The number of aliphatic carboxylic acids is 1. The summed E-state index contributed by atoms with van der Waals surface area (Å²) in [5, 5.41) is 8.89. The normalized spacial score (nSPS) is 16.6. The highest BCUT2D eigenvalue weighted by Crippen LogP contribution is 2.18. The minimum Gasteiger partial charge on any atom is -0.481 e. The van der Waals surface area contributed by atoms with Crippen LogP contribution in [0.25, 0.3) is 0 Å². The average molecular weight is 249 g/mol. The Labute approximate surface area is 105 Å². The van der Waals surface area contributed by atoms with Crippen molar-refractivity contribution in [2.45, 2.75) is 19.8 Å². The number of aryl methyl sites for hydroxylation is 1. The van der Waals surface area contributed by atoms with Gasteiger partial charge in [-0.25, -0.2) is 9.97 Å². The fourth-order valence-electron chi connectivity index (χ4n) is 2.02. The smallest absolute Gasteiger partial charge is 0.306 e. The van der Waals surface area contributed by atoms with Gasteiger partial charge in [0.15, 0.2) is 0 Å². The summed E-state index contributed by atoms with van der Waals surface area (Å²) in [5.74, 6) is -0.612. The molecule has 1 N–H and O–H groups in total. The molecule has 0 aromatic carbocycles. The lowest BCUT2D eigenvalue weighted by atomic mass is 9.97. The molecule has 96 valence electrons. The van der Waals surface area contributed by atoms with E-state index >= 15 is 0 Å². The van der Waals surface area contributed by atoms with Crippen LogP contribution in [0.15, 0.2) is 12.4 Å². The van der Waals surface area contributed by atoms with E-state index in [1.165, 1.54) is 12.4 Å². The zero-order valence-corrected chi connectivity index (χ0v) is 10.2. The summed E-state index contributed by atoms with van der Waals surface area (Å²) < 4.78 is 0. The first-order valence-electron chi connectivity index (χ1n) is 5.88. The zero-order chi connectivity index (χ0) is 13.1. The maximum Gasteiger partial charge on any atom is 0.306 e. The zero-order valence-electron chi connectivity index (χ0n) is 10.2. The van der Waals surface area contributed by atoms with Crippen LogP contribution in [0, 0.1) is 12.8 Å². The first kappa shape index (κ1) is 12.5. The van der Waals surface area contributed by atoms with Crippen LogP contribution in [0.4, 0.5) is 0 Å². The molecule has 2 rings (SSSR count). The van der Waals surface area contributed by atoms with E-state index < -0.39 is 5.97 Å². The Kier molecular flexibility index (Phi) is 3.55. The molecule has 1 aliphatic rings. The molecule has 1 saturated heterocycles. The third kappa shape index (κ3) is 2.64. The standard InChI is InChI=1S/C12H15N3O3/c1-8-13-6-10(7-14-8)11(16)15-4-2-9(3-5-15)12(17)18/h6-7,9H,2-5H2,1H3,(H,17,18). The monoisotopic (exact) mass is 249 g/mol. The van der Waals surface area contributed by atoms with Gasteiger partial charge in [-0.3, -0.25) is 9.59 Å². The molecule has 0 spiro atoms. The SMILES string of the molecule is Cc1ncc(C(=O)N2CCC(C(=O)O)CC2)cn1. The Morgan fingerprint density at radius 2 is 1.83 bits per heavy atom. The topological polar surface area (TPSA) is 83.4 Å². The lowest BCUT2D eigenvalue weighted by Crippen LogP contribution is -2.40. The van der Waals surface area contributed by atoms with Gasteiger partial charge in [0.25, 0.3) is 5.91 Å². The van der Waals surface area contributed by atoms with Crippen LogP contribution >= 0.6 is 0 Å². The van der Waals surface area contributed by atoms with Crippen molar-refractivity contribution in [1.82, 2.24) is 14.9 Å². The van der Waals surface area contributed by atoms with Gasteiger partial charge < -0.3 is 10.0 Å². The lowest BCUT2D eigenvalue weighted by molar-refractivity contribution is -0.143. The quantitative estimate of drug-likeness (QED) is 0.835. The highest BCUT2D eigenvalue weighted by atomic mass is 16.4. The second-order valence-electron chi connectivity index (χ2n) is 4.42. The number of hydrogen-bond donors (Lipinski definition) is 1. The van der Waals surface area contributed by atoms with Crippen LogP contribution in [-0.4, -0.2) is 44.9 Å². The lowest BCUT2D eigenvalue weighted by Gasteiger charge is -2.30.